The number of imidazole rings is 1. The molecular weight excluding hydrogens is 515 g/mol. The Bertz CT molecular complexity index is 1650. The minimum absolute atomic E-state index is 0.124. The van der Waals surface area contributed by atoms with Crippen LogP contribution in [0.25, 0.3) is 33.2 Å². The van der Waals surface area contributed by atoms with Gasteiger partial charge in [-0.1, -0.05) is 24.3 Å². The highest BCUT2D eigenvalue weighted by atomic mass is 19.4. The highest BCUT2D eigenvalue weighted by Gasteiger charge is 2.31. The molecule has 0 atom stereocenters. The lowest BCUT2D eigenvalue weighted by Gasteiger charge is -2.33. The highest BCUT2D eigenvalue weighted by molar-refractivity contribution is 5.95. The summed E-state index contributed by atoms with van der Waals surface area (Å²) in [5.41, 5.74) is 2.78. The monoisotopic (exact) mass is 540 g/mol. The number of aryl methyl sites for hydroxylation is 1. The molecule has 1 N–H and O–H groups in total. The van der Waals surface area contributed by atoms with Gasteiger partial charge in [0.25, 0.3) is 0 Å². The van der Waals surface area contributed by atoms with E-state index in [1.165, 1.54) is 6.07 Å². The van der Waals surface area contributed by atoms with Gasteiger partial charge < -0.3 is 10.2 Å². The molecule has 0 bridgehead atoms. The fourth-order valence-electron chi connectivity index (χ4n) is 5.31. The van der Waals surface area contributed by atoms with Crippen molar-refractivity contribution in [2.45, 2.75) is 31.6 Å². The average Bonchev–Trinajstić information content (AvgIpc) is 3.47. The third-order valence-corrected chi connectivity index (χ3v) is 7.24. The Morgan fingerprint density at radius 3 is 2.44 bits per heavy atom. The summed E-state index contributed by atoms with van der Waals surface area (Å²) in [4.78, 5) is 6.37. The number of fused-ring (bicyclic) bond motifs is 2. The molecule has 3 heterocycles. The van der Waals surface area contributed by atoms with Crippen molar-refractivity contribution in [3.05, 3.63) is 72.3 Å². The number of hydrogen-bond donors (Lipinski definition) is 1. The van der Waals surface area contributed by atoms with Crippen molar-refractivity contribution in [2.24, 2.45) is 7.05 Å². The van der Waals surface area contributed by atoms with E-state index in [1.54, 1.807) is 42.1 Å². The second kappa shape index (κ2) is 9.55. The third kappa shape index (κ3) is 4.66. The number of para-hydroxylation sites is 2. The summed E-state index contributed by atoms with van der Waals surface area (Å²) in [6.07, 6.45) is -2.98. The fraction of sp³-hybridized carbons (Fsp3) is 0.286. The summed E-state index contributed by atoms with van der Waals surface area (Å²) in [7, 11) is 1.76. The van der Waals surface area contributed by atoms with E-state index in [9.17, 15) is 22.0 Å². The lowest BCUT2D eigenvalue weighted by atomic mass is 10.0. The summed E-state index contributed by atoms with van der Waals surface area (Å²) >= 11 is 0. The van der Waals surface area contributed by atoms with Gasteiger partial charge in [-0.15, -0.1) is 0 Å². The van der Waals surface area contributed by atoms with Crippen LogP contribution in [0.15, 0.2) is 66.7 Å². The second-order valence-electron chi connectivity index (χ2n) is 9.74. The summed E-state index contributed by atoms with van der Waals surface area (Å²) in [5.74, 6) is 0.281. The van der Waals surface area contributed by atoms with E-state index in [0.29, 0.717) is 35.4 Å². The fourth-order valence-corrected chi connectivity index (χ4v) is 5.31. The Morgan fingerprint density at radius 1 is 0.923 bits per heavy atom. The maximum atomic E-state index is 13.9. The zero-order valence-electron chi connectivity index (χ0n) is 21.0. The van der Waals surface area contributed by atoms with Crippen molar-refractivity contribution in [3.63, 3.8) is 0 Å². The van der Waals surface area contributed by atoms with Gasteiger partial charge in [-0.25, -0.2) is 4.98 Å². The molecule has 1 aliphatic heterocycles. The van der Waals surface area contributed by atoms with Crippen LogP contribution in [0.4, 0.5) is 33.6 Å². The normalized spacial score (nSPS) is 15.1. The molecular formula is C28H25F5N6. The van der Waals surface area contributed by atoms with E-state index in [2.05, 4.69) is 15.4 Å². The highest BCUT2D eigenvalue weighted by Crippen LogP contribution is 2.35. The molecule has 0 radical (unpaired) electrons. The smallest absolute Gasteiger partial charge is 0.382 e. The molecule has 202 valence electrons. The molecule has 0 aliphatic carbocycles. The molecule has 6 rings (SSSR count). The summed E-state index contributed by atoms with van der Waals surface area (Å²) < 4.78 is 70.1. The van der Waals surface area contributed by atoms with Gasteiger partial charge in [-0.05, 0) is 55.3 Å². The third-order valence-electron chi connectivity index (χ3n) is 7.24. The first kappa shape index (κ1) is 25.1. The largest absolute Gasteiger partial charge is 0.416 e. The molecule has 0 unspecified atom stereocenters. The minimum atomic E-state index is -4.43. The summed E-state index contributed by atoms with van der Waals surface area (Å²) in [6.45, 7) is -1.54. The minimum Gasteiger partial charge on any atom is -0.382 e. The predicted molar refractivity (Wildman–Crippen MR) is 141 cm³/mol. The number of rotatable bonds is 5. The lowest BCUT2D eigenvalue weighted by molar-refractivity contribution is -0.137. The van der Waals surface area contributed by atoms with Crippen molar-refractivity contribution in [1.29, 1.82) is 0 Å². The molecule has 11 heteroatoms. The van der Waals surface area contributed by atoms with Crippen LogP contribution in [0.2, 0.25) is 0 Å². The van der Waals surface area contributed by atoms with Crippen molar-refractivity contribution >= 4 is 33.6 Å². The second-order valence-corrected chi connectivity index (χ2v) is 9.74. The average molecular weight is 541 g/mol. The van der Waals surface area contributed by atoms with Gasteiger partial charge >= 0.3 is 12.7 Å². The van der Waals surface area contributed by atoms with Crippen LogP contribution in [-0.4, -0.2) is 38.5 Å². The first-order valence-corrected chi connectivity index (χ1v) is 12.6. The first-order chi connectivity index (χ1) is 18.7. The SMILES string of the molecule is Cn1nc(-c2cccc(C(F)(F)F)c2)c2ccc(NC3CCN(c4nc5ccccc5n4C(F)F)CC3)cc21. The van der Waals surface area contributed by atoms with E-state index >= 15 is 0 Å². The molecule has 2 aromatic heterocycles. The Kier molecular flexibility index (Phi) is 6.16. The van der Waals surface area contributed by atoms with Crippen molar-refractivity contribution in [1.82, 2.24) is 19.3 Å². The van der Waals surface area contributed by atoms with Gasteiger partial charge in [0.1, 0.15) is 5.69 Å². The predicted octanol–water partition coefficient (Wildman–Crippen LogP) is 7.08. The molecule has 0 amide bonds. The molecule has 6 nitrogen and oxygen atoms in total. The van der Waals surface area contributed by atoms with E-state index in [-0.39, 0.29) is 12.0 Å². The standard InChI is InChI=1S/C28H25F5N6/c1-37-24-16-20(9-10-21(24)25(36-37)17-5-4-6-18(15-17)28(31,32)33)34-19-11-13-38(14-12-19)27-35-22-7-2-3-8-23(22)39(27)26(29)30/h2-10,15-16,19,26,34H,11-14H2,1H3. The number of hydrogen-bond acceptors (Lipinski definition) is 4. The van der Waals surface area contributed by atoms with Crippen molar-refractivity contribution in [2.75, 3.05) is 23.3 Å². The Morgan fingerprint density at radius 2 is 1.69 bits per heavy atom. The Hall–Kier alpha value is -4.15. The number of halogens is 5. The zero-order valence-corrected chi connectivity index (χ0v) is 21.0. The van der Waals surface area contributed by atoms with E-state index < -0.39 is 18.3 Å². The molecule has 39 heavy (non-hydrogen) atoms. The van der Waals surface area contributed by atoms with Gasteiger partial charge in [-0.3, -0.25) is 9.25 Å². The molecule has 5 aromatic rings. The van der Waals surface area contributed by atoms with Crippen LogP contribution in [0, 0.1) is 0 Å². The number of anilines is 2. The van der Waals surface area contributed by atoms with Crippen molar-refractivity contribution < 1.29 is 22.0 Å². The molecule has 1 aliphatic rings. The Balaban J connectivity index is 1.19. The van der Waals surface area contributed by atoms with E-state index in [4.69, 9.17) is 0 Å². The van der Waals surface area contributed by atoms with Gasteiger partial charge in [0.15, 0.2) is 0 Å². The van der Waals surface area contributed by atoms with Crippen LogP contribution in [0.1, 0.15) is 25.0 Å². The van der Waals surface area contributed by atoms with Crippen LogP contribution >= 0.6 is 0 Å². The number of nitrogens with one attached hydrogen (secondary N) is 1. The van der Waals surface area contributed by atoms with Crippen LogP contribution in [0.3, 0.4) is 0 Å². The summed E-state index contributed by atoms with van der Waals surface area (Å²) in [5, 5.41) is 8.77. The van der Waals surface area contributed by atoms with Crippen LogP contribution in [-0.2, 0) is 13.2 Å². The molecule has 1 fully saturated rings. The van der Waals surface area contributed by atoms with Crippen LogP contribution < -0.4 is 10.2 Å². The zero-order chi connectivity index (χ0) is 27.3. The molecule has 0 spiro atoms. The number of nitrogens with zero attached hydrogens (tertiary/aromatic N) is 5. The number of piperidine rings is 1. The number of aromatic nitrogens is 4. The quantitative estimate of drug-likeness (QED) is 0.242. The molecule has 1 saturated heterocycles. The molecule has 3 aromatic carbocycles. The number of benzene rings is 3. The van der Waals surface area contributed by atoms with Gasteiger partial charge in [0, 0.05) is 42.8 Å². The van der Waals surface area contributed by atoms with Crippen molar-refractivity contribution in [3.8, 4) is 11.3 Å². The summed E-state index contributed by atoms with van der Waals surface area (Å²) in [6, 6.07) is 17.9. The first-order valence-electron chi connectivity index (χ1n) is 12.6. The molecule has 0 saturated carbocycles. The lowest BCUT2D eigenvalue weighted by Crippen LogP contribution is -2.40. The maximum absolute atomic E-state index is 13.9. The van der Waals surface area contributed by atoms with Gasteiger partial charge in [0.05, 0.1) is 22.1 Å². The topological polar surface area (TPSA) is 50.9 Å². The maximum Gasteiger partial charge on any atom is 0.416 e. The van der Waals surface area contributed by atoms with Gasteiger partial charge in [-0.2, -0.15) is 27.1 Å². The van der Waals surface area contributed by atoms with E-state index in [0.717, 1.165) is 46.1 Å². The van der Waals surface area contributed by atoms with Gasteiger partial charge in [0.2, 0.25) is 5.95 Å². The number of alkyl halides is 5. The van der Waals surface area contributed by atoms with Crippen LogP contribution in [0.5, 0.6) is 0 Å². The Labute approximate surface area is 220 Å². The van der Waals surface area contributed by atoms with E-state index in [1.807, 2.05) is 23.1 Å².